The van der Waals surface area contributed by atoms with E-state index >= 15 is 0 Å². The standard InChI is InChI=1S/C36H46N4O5S/c1-2-45-35(41)31-20-26-39(27-21-31)46(43,44)34-16-14-29(15-17-34)28-30-18-24-38(25-19-30)22-9-23-40(33-12-7-4-8-13-33)36(42)37-32-10-5-3-6-11-32/h3-8,10-17,30-31H,2,9,18-28H2,1H3,(H,37,42). The minimum atomic E-state index is -3.59. The Morgan fingerprint density at radius 2 is 1.48 bits per heavy atom. The molecule has 5 rings (SSSR count). The van der Waals surface area contributed by atoms with Crippen LogP contribution in [0.1, 0.15) is 44.6 Å². The Labute approximate surface area is 273 Å². The maximum absolute atomic E-state index is 13.2. The molecule has 0 unspecified atom stereocenters. The number of hydrogen-bond donors (Lipinski definition) is 1. The van der Waals surface area contributed by atoms with Crippen LogP contribution in [0.3, 0.4) is 0 Å². The molecule has 0 aliphatic carbocycles. The van der Waals surface area contributed by atoms with Crippen LogP contribution in [0.5, 0.6) is 0 Å². The van der Waals surface area contributed by atoms with Gasteiger partial charge in [0.05, 0.1) is 17.4 Å². The molecule has 0 aromatic heterocycles. The molecular formula is C36H46N4O5S. The van der Waals surface area contributed by atoms with Crippen molar-refractivity contribution in [2.75, 3.05) is 56.1 Å². The Hall–Kier alpha value is -3.73. The molecule has 1 N–H and O–H groups in total. The van der Waals surface area contributed by atoms with Crippen molar-refractivity contribution in [3.05, 3.63) is 90.5 Å². The van der Waals surface area contributed by atoms with Gasteiger partial charge in [0.1, 0.15) is 0 Å². The van der Waals surface area contributed by atoms with E-state index < -0.39 is 10.0 Å². The second kappa shape index (κ2) is 16.2. The lowest BCUT2D eigenvalue weighted by atomic mass is 9.90. The third-order valence-corrected chi connectivity index (χ3v) is 11.0. The number of para-hydroxylation sites is 2. The highest BCUT2D eigenvalue weighted by atomic mass is 32.2. The SMILES string of the molecule is CCOC(=O)C1CCN(S(=O)(=O)c2ccc(CC3CCN(CCCN(C(=O)Nc4ccccc4)c4ccccc4)CC3)cc2)CC1. The monoisotopic (exact) mass is 646 g/mol. The van der Waals surface area contributed by atoms with Crippen LogP contribution in [0.2, 0.25) is 0 Å². The molecule has 9 nitrogen and oxygen atoms in total. The molecular weight excluding hydrogens is 600 g/mol. The molecule has 0 bridgehead atoms. The Balaban J connectivity index is 1.06. The number of benzene rings is 3. The first kappa shape index (κ1) is 33.6. The van der Waals surface area contributed by atoms with Gasteiger partial charge in [0, 0.05) is 31.0 Å². The Morgan fingerprint density at radius 3 is 2.11 bits per heavy atom. The largest absolute Gasteiger partial charge is 0.466 e. The molecule has 10 heteroatoms. The van der Waals surface area contributed by atoms with Crippen molar-refractivity contribution in [2.24, 2.45) is 11.8 Å². The first-order valence-corrected chi connectivity index (χ1v) is 17.9. The van der Waals surface area contributed by atoms with Crippen molar-refractivity contribution in [3.8, 4) is 0 Å². The number of nitrogens with zero attached hydrogens (tertiary/aromatic N) is 3. The van der Waals surface area contributed by atoms with E-state index in [-0.39, 0.29) is 17.9 Å². The number of nitrogens with one attached hydrogen (secondary N) is 1. The van der Waals surface area contributed by atoms with Crippen molar-refractivity contribution >= 4 is 33.4 Å². The van der Waals surface area contributed by atoms with Crippen LogP contribution in [0.25, 0.3) is 0 Å². The van der Waals surface area contributed by atoms with Crippen molar-refractivity contribution < 1.29 is 22.7 Å². The quantitative estimate of drug-likeness (QED) is 0.241. The van der Waals surface area contributed by atoms with E-state index in [1.807, 2.05) is 77.7 Å². The van der Waals surface area contributed by atoms with Gasteiger partial charge in [-0.2, -0.15) is 4.31 Å². The summed E-state index contributed by atoms with van der Waals surface area (Å²) in [6.07, 6.45) is 4.96. The van der Waals surface area contributed by atoms with Crippen LogP contribution in [0.15, 0.2) is 89.8 Å². The van der Waals surface area contributed by atoms with Crippen molar-refractivity contribution in [1.82, 2.24) is 9.21 Å². The van der Waals surface area contributed by atoms with E-state index in [1.54, 1.807) is 19.1 Å². The summed E-state index contributed by atoms with van der Waals surface area (Å²) in [7, 11) is -3.59. The number of anilines is 2. The number of amides is 2. The number of carbonyl (C=O) groups excluding carboxylic acids is 2. The Kier molecular flexibility index (Phi) is 11.8. The average Bonchev–Trinajstić information content (AvgIpc) is 3.08. The highest BCUT2D eigenvalue weighted by Gasteiger charge is 2.32. The van der Waals surface area contributed by atoms with Gasteiger partial charge in [0.25, 0.3) is 0 Å². The zero-order valence-electron chi connectivity index (χ0n) is 26.7. The number of piperidine rings is 2. The number of ether oxygens (including phenoxy) is 1. The minimum Gasteiger partial charge on any atom is -0.466 e. The predicted octanol–water partition coefficient (Wildman–Crippen LogP) is 6.03. The Morgan fingerprint density at radius 1 is 0.848 bits per heavy atom. The third-order valence-electron chi connectivity index (χ3n) is 9.06. The molecule has 3 aromatic carbocycles. The highest BCUT2D eigenvalue weighted by molar-refractivity contribution is 7.89. The molecule has 246 valence electrons. The fraction of sp³-hybridized carbons (Fsp3) is 0.444. The number of rotatable bonds is 12. The normalized spacial score (nSPS) is 17.0. The molecule has 2 fully saturated rings. The molecule has 0 saturated carbocycles. The van der Waals surface area contributed by atoms with Crippen LogP contribution in [-0.2, 0) is 26.0 Å². The average molecular weight is 647 g/mol. The maximum Gasteiger partial charge on any atom is 0.326 e. The molecule has 46 heavy (non-hydrogen) atoms. The summed E-state index contributed by atoms with van der Waals surface area (Å²) < 4.78 is 33.1. The molecule has 2 saturated heterocycles. The van der Waals surface area contributed by atoms with E-state index in [4.69, 9.17) is 4.74 Å². The first-order valence-electron chi connectivity index (χ1n) is 16.5. The lowest BCUT2D eigenvalue weighted by molar-refractivity contribution is -0.149. The van der Waals surface area contributed by atoms with E-state index in [0.717, 1.165) is 62.3 Å². The van der Waals surface area contributed by atoms with Gasteiger partial charge in [0.2, 0.25) is 10.0 Å². The van der Waals surface area contributed by atoms with Gasteiger partial charge in [-0.05, 0) is 113 Å². The van der Waals surface area contributed by atoms with E-state index in [9.17, 15) is 18.0 Å². The summed E-state index contributed by atoms with van der Waals surface area (Å²) in [5.41, 5.74) is 2.81. The predicted molar refractivity (Wildman–Crippen MR) is 181 cm³/mol. The van der Waals surface area contributed by atoms with Gasteiger partial charge in [0.15, 0.2) is 0 Å². The van der Waals surface area contributed by atoms with Crippen molar-refractivity contribution in [1.29, 1.82) is 0 Å². The van der Waals surface area contributed by atoms with Gasteiger partial charge in [-0.1, -0.05) is 48.5 Å². The molecule has 0 radical (unpaired) electrons. The number of esters is 1. The number of sulfonamides is 1. The fourth-order valence-electron chi connectivity index (χ4n) is 6.41. The Bertz CT molecular complexity index is 1500. The highest BCUT2D eigenvalue weighted by Crippen LogP contribution is 2.27. The lowest BCUT2D eigenvalue weighted by Crippen LogP contribution is -2.40. The summed E-state index contributed by atoms with van der Waals surface area (Å²) in [5, 5.41) is 3.02. The van der Waals surface area contributed by atoms with Crippen molar-refractivity contribution in [2.45, 2.75) is 50.3 Å². The van der Waals surface area contributed by atoms with E-state index in [2.05, 4.69) is 10.2 Å². The van der Waals surface area contributed by atoms with Gasteiger partial charge in [-0.3, -0.25) is 9.69 Å². The number of carbonyl (C=O) groups is 2. The summed E-state index contributed by atoms with van der Waals surface area (Å²) in [5.74, 6) is 0.0988. The fourth-order valence-corrected chi connectivity index (χ4v) is 7.88. The molecule has 2 aliphatic heterocycles. The number of hydrogen-bond acceptors (Lipinski definition) is 6. The molecule has 0 spiro atoms. The van der Waals surface area contributed by atoms with Crippen LogP contribution in [-0.4, -0.2) is 75.5 Å². The second-order valence-corrected chi connectivity index (χ2v) is 14.1. The minimum absolute atomic E-state index is 0.131. The number of likely N-dealkylation sites (tertiary alicyclic amines) is 1. The summed E-state index contributed by atoms with van der Waals surface area (Å²) in [4.78, 5) is 29.8. The molecule has 2 aliphatic rings. The molecule has 3 aromatic rings. The van der Waals surface area contributed by atoms with Crippen LogP contribution in [0.4, 0.5) is 16.2 Å². The first-order chi connectivity index (χ1) is 22.3. The van der Waals surface area contributed by atoms with E-state index in [0.29, 0.717) is 49.9 Å². The maximum atomic E-state index is 13.2. The summed E-state index contributed by atoms with van der Waals surface area (Å²) >= 11 is 0. The van der Waals surface area contributed by atoms with Crippen LogP contribution in [0, 0.1) is 11.8 Å². The van der Waals surface area contributed by atoms with E-state index in [1.165, 1.54) is 4.31 Å². The smallest absolute Gasteiger partial charge is 0.326 e. The van der Waals surface area contributed by atoms with Crippen LogP contribution < -0.4 is 10.2 Å². The van der Waals surface area contributed by atoms with Crippen LogP contribution >= 0.6 is 0 Å². The molecule has 2 heterocycles. The zero-order chi connectivity index (χ0) is 32.4. The van der Waals surface area contributed by atoms with Gasteiger partial charge >= 0.3 is 12.0 Å². The summed E-state index contributed by atoms with van der Waals surface area (Å²) in [6.45, 7) is 6.37. The number of urea groups is 1. The zero-order valence-corrected chi connectivity index (χ0v) is 27.5. The van der Waals surface area contributed by atoms with Gasteiger partial charge in [-0.15, -0.1) is 0 Å². The molecule has 2 amide bonds. The van der Waals surface area contributed by atoms with Gasteiger partial charge in [-0.25, -0.2) is 13.2 Å². The second-order valence-electron chi connectivity index (χ2n) is 12.2. The van der Waals surface area contributed by atoms with Gasteiger partial charge < -0.3 is 15.0 Å². The summed E-state index contributed by atoms with van der Waals surface area (Å²) in [6, 6.07) is 26.5. The topological polar surface area (TPSA) is 99.3 Å². The van der Waals surface area contributed by atoms with Crippen molar-refractivity contribution in [3.63, 3.8) is 0 Å². The molecule has 0 atom stereocenters. The lowest BCUT2D eigenvalue weighted by Gasteiger charge is -2.33. The third kappa shape index (κ3) is 8.96.